The fraction of sp³-hybridized carbons (Fsp3) is 0.889. The summed E-state index contributed by atoms with van der Waals surface area (Å²) in [7, 11) is 0. The van der Waals surface area contributed by atoms with E-state index in [0.29, 0.717) is 12.5 Å². The van der Waals surface area contributed by atoms with Crippen LogP contribution in [0.4, 0.5) is 0 Å². The third-order valence-corrected chi connectivity index (χ3v) is 1.28. The van der Waals surface area contributed by atoms with Gasteiger partial charge in [-0.1, -0.05) is 27.7 Å². The summed E-state index contributed by atoms with van der Waals surface area (Å²) in [6, 6.07) is 0. The molecule has 1 amide bonds. The molecule has 0 aliphatic rings. The van der Waals surface area contributed by atoms with Crippen LogP contribution in [-0.4, -0.2) is 17.6 Å². The fourth-order valence-electron chi connectivity index (χ4n) is 0.258. The van der Waals surface area contributed by atoms with Gasteiger partial charge in [-0.05, 0) is 12.3 Å². The second kappa shape index (κ2) is 8.53. The van der Waals surface area contributed by atoms with Gasteiger partial charge in [0.2, 0.25) is 5.91 Å². The van der Waals surface area contributed by atoms with Crippen molar-refractivity contribution >= 4 is 5.91 Å². The fourth-order valence-corrected chi connectivity index (χ4v) is 0.258. The van der Waals surface area contributed by atoms with Crippen LogP contribution >= 0.6 is 0 Å². The van der Waals surface area contributed by atoms with Crippen LogP contribution in [0.2, 0.25) is 0 Å². The van der Waals surface area contributed by atoms with Crippen molar-refractivity contribution in [2.75, 3.05) is 6.61 Å². The zero-order chi connectivity index (χ0) is 10.1. The minimum atomic E-state index is -0.241. The van der Waals surface area contributed by atoms with Crippen LogP contribution in [0, 0.1) is 11.8 Å². The first-order valence-corrected chi connectivity index (χ1v) is 4.32. The maximum Gasteiger partial charge on any atom is 0.219 e. The molecule has 0 saturated carbocycles. The SMILES string of the molecule is CC(C)C(N)=O.CC(C)CCO. The van der Waals surface area contributed by atoms with E-state index in [4.69, 9.17) is 10.8 Å². The van der Waals surface area contributed by atoms with Crippen molar-refractivity contribution in [1.82, 2.24) is 0 Å². The number of nitrogens with two attached hydrogens (primary N) is 1. The van der Waals surface area contributed by atoms with Crippen LogP contribution in [-0.2, 0) is 4.79 Å². The first-order valence-electron chi connectivity index (χ1n) is 4.32. The van der Waals surface area contributed by atoms with Gasteiger partial charge in [-0.2, -0.15) is 0 Å². The topological polar surface area (TPSA) is 63.3 Å². The normalized spacial score (nSPS) is 9.58. The lowest BCUT2D eigenvalue weighted by molar-refractivity contribution is -0.120. The summed E-state index contributed by atoms with van der Waals surface area (Å²) in [5.41, 5.74) is 4.80. The molecule has 0 heterocycles. The van der Waals surface area contributed by atoms with Gasteiger partial charge in [0.25, 0.3) is 0 Å². The van der Waals surface area contributed by atoms with Gasteiger partial charge in [0.05, 0.1) is 0 Å². The Morgan fingerprint density at radius 3 is 1.67 bits per heavy atom. The van der Waals surface area contributed by atoms with Gasteiger partial charge >= 0.3 is 0 Å². The number of rotatable bonds is 3. The largest absolute Gasteiger partial charge is 0.396 e. The molecule has 0 aromatic rings. The van der Waals surface area contributed by atoms with Gasteiger partial charge in [-0.15, -0.1) is 0 Å². The minimum absolute atomic E-state index is 0.00926. The Hall–Kier alpha value is -0.570. The summed E-state index contributed by atoms with van der Waals surface area (Å²) in [6.45, 7) is 8.05. The Bertz CT molecular complexity index is 111. The highest BCUT2D eigenvalue weighted by atomic mass is 16.3. The molecule has 0 atom stereocenters. The maximum absolute atomic E-state index is 9.92. The Balaban J connectivity index is 0. The van der Waals surface area contributed by atoms with E-state index in [-0.39, 0.29) is 11.8 Å². The highest BCUT2D eigenvalue weighted by molar-refractivity contribution is 5.75. The Kier molecular flexibility index (Phi) is 9.93. The van der Waals surface area contributed by atoms with Gasteiger partial charge < -0.3 is 10.8 Å². The van der Waals surface area contributed by atoms with Gasteiger partial charge in [-0.3, -0.25) is 4.79 Å². The van der Waals surface area contributed by atoms with Crippen molar-refractivity contribution in [2.24, 2.45) is 17.6 Å². The maximum atomic E-state index is 9.92. The van der Waals surface area contributed by atoms with Gasteiger partial charge in [0, 0.05) is 12.5 Å². The van der Waals surface area contributed by atoms with Gasteiger partial charge in [0.15, 0.2) is 0 Å². The summed E-state index contributed by atoms with van der Waals surface area (Å²) in [4.78, 5) is 9.92. The first-order chi connectivity index (χ1) is 5.41. The summed E-state index contributed by atoms with van der Waals surface area (Å²) in [5, 5.41) is 8.24. The summed E-state index contributed by atoms with van der Waals surface area (Å²) < 4.78 is 0. The number of hydrogen-bond donors (Lipinski definition) is 2. The molecule has 3 N–H and O–H groups in total. The number of aliphatic hydroxyl groups is 1. The Labute approximate surface area is 75.0 Å². The molecular formula is C9H21NO2. The van der Waals surface area contributed by atoms with Crippen molar-refractivity contribution in [1.29, 1.82) is 0 Å². The van der Waals surface area contributed by atoms with E-state index in [1.807, 2.05) is 0 Å². The lowest BCUT2D eigenvalue weighted by atomic mass is 10.2. The Morgan fingerprint density at radius 1 is 1.33 bits per heavy atom. The van der Waals surface area contributed by atoms with E-state index < -0.39 is 0 Å². The molecule has 74 valence electrons. The Morgan fingerprint density at radius 2 is 1.67 bits per heavy atom. The third kappa shape index (κ3) is 16.2. The first kappa shape index (κ1) is 14.0. The van der Waals surface area contributed by atoms with Crippen LogP contribution < -0.4 is 5.73 Å². The zero-order valence-electron chi connectivity index (χ0n) is 8.50. The van der Waals surface area contributed by atoms with Gasteiger partial charge in [-0.25, -0.2) is 0 Å². The number of primary amides is 1. The molecule has 3 nitrogen and oxygen atoms in total. The minimum Gasteiger partial charge on any atom is -0.396 e. The van der Waals surface area contributed by atoms with E-state index in [1.165, 1.54) is 0 Å². The number of hydrogen-bond acceptors (Lipinski definition) is 2. The van der Waals surface area contributed by atoms with Crippen LogP contribution in [0.15, 0.2) is 0 Å². The van der Waals surface area contributed by atoms with E-state index in [9.17, 15) is 4.79 Å². The van der Waals surface area contributed by atoms with Crippen molar-refractivity contribution in [3.63, 3.8) is 0 Å². The average molecular weight is 175 g/mol. The van der Waals surface area contributed by atoms with Crippen LogP contribution in [0.1, 0.15) is 34.1 Å². The average Bonchev–Trinajstić information content (AvgIpc) is 1.87. The molecule has 12 heavy (non-hydrogen) atoms. The summed E-state index contributed by atoms with van der Waals surface area (Å²) in [6.07, 6.45) is 0.931. The number of carbonyl (C=O) groups excluding carboxylic acids is 1. The smallest absolute Gasteiger partial charge is 0.219 e. The summed E-state index contributed by atoms with van der Waals surface area (Å²) in [5.74, 6) is 0.398. The van der Waals surface area contributed by atoms with E-state index in [1.54, 1.807) is 13.8 Å². The molecule has 0 saturated heterocycles. The monoisotopic (exact) mass is 175 g/mol. The molecular weight excluding hydrogens is 154 g/mol. The molecule has 0 radical (unpaired) electrons. The standard InChI is InChI=1S/C5H12O.C4H9NO/c1-5(2)3-4-6;1-3(2)4(5)6/h5-6H,3-4H2,1-2H3;3H,1-2H3,(H2,5,6). The van der Waals surface area contributed by atoms with Crippen LogP contribution in [0.3, 0.4) is 0 Å². The number of amides is 1. The predicted molar refractivity (Wildman–Crippen MR) is 50.6 cm³/mol. The van der Waals surface area contributed by atoms with E-state index >= 15 is 0 Å². The van der Waals surface area contributed by atoms with Crippen molar-refractivity contribution in [3.05, 3.63) is 0 Å². The van der Waals surface area contributed by atoms with Gasteiger partial charge in [0.1, 0.15) is 0 Å². The molecule has 0 aromatic carbocycles. The molecule has 0 aliphatic carbocycles. The molecule has 0 unspecified atom stereocenters. The van der Waals surface area contributed by atoms with Crippen LogP contribution in [0.5, 0.6) is 0 Å². The van der Waals surface area contributed by atoms with Crippen molar-refractivity contribution in [2.45, 2.75) is 34.1 Å². The molecule has 0 fully saturated rings. The van der Waals surface area contributed by atoms with Crippen molar-refractivity contribution in [3.8, 4) is 0 Å². The molecule has 0 bridgehead atoms. The lowest BCUT2D eigenvalue weighted by Gasteiger charge is -1.95. The highest BCUT2D eigenvalue weighted by Crippen LogP contribution is 1.94. The predicted octanol–water partition coefficient (Wildman–Crippen LogP) is 1.15. The second-order valence-electron chi connectivity index (χ2n) is 3.46. The second-order valence-corrected chi connectivity index (χ2v) is 3.46. The third-order valence-electron chi connectivity index (χ3n) is 1.28. The highest BCUT2D eigenvalue weighted by Gasteiger charge is 1.96. The van der Waals surface area contributed by atoms with E-state index in [2.05, 4.69) is 13.8 Å². The van der Waals surface area contributed by atoms with E-state index in [0.717, 1.165) is 6.42 Å². The summed E-state index contributed by atoms with van der Waals surface area (Å²) >= 11 is 0. The molecule has 0 aliphatic heterocycles. The van der Waals surface area contributed by atoms with Crippen LogP contribution in [0.25, 0.3) is 0 Å². The number of carbonyl (C=O) groups is 1. The van der Waals surface area contributed by atoms with Crippen molar-refractivity contribution < 1.29 is 9.90 Å². The molecule has 3 heteroatoms. The number of aliphatic hydroxyl groups excluding tert-OH is 1. The lowest BCUT2D eigenvalue weighted by Crippen LogP contribution is -2.17. The molecule has 0 aromatic heterocycles. The molecule has 0 rings (SSSR count). The quantitative estimate of drug-likeness (QED) is 0.676. The molecule has 0 spiro atoms. The zero-order valence-corrected chi connectivity index (χ0v) is 8.50.